The van der Waals surface area contributed by atoms with Crippen LogP contribution in [-0.4, -0.2) is 71.7 Å². The lowest BCUT2D eigenvalue weighted by Gasteiger charge is -2.33. The van der Waals surface area contributed by atoms with E-state index >= 15 is 0 Å². The summed E-state index contributed by atoms with van der Waals surface area (Å²) < 4.78 is 0. The average Bonchev–Trinajstić information content (AvgIpc) is 2.63. The Labute approximate surface area is 162 Å². The minimum Gasteiger partial charge on any atom is -0.378 e. The minimum absolute atomic E-state index is 0.0520. The van der Waals surface area contributed by atoms with Gasteiger partial charge < -0.3 is 25.3 Å². The van der Waals surface area contributed by atoms with Crippen LogP contribution in [0.5, 0.6) is 0 Å². The summed E-state index contributed by atoms with van der Waals surface area (Å²) in [6.45, 7) is 8.49. The van der Waals surface area contributed by atoms with Gasteiger partial charge >= 0.3 is 11.8 Å². The molecule has 0 aliphatic carbocycles. The fraction of sp³-hybridized carbons (Fsp3) is 0.600. The van der Waals surface area contributed by atoms with Crippen molar-refractivity contribution in [2.24, 2.45) is 0 Å². The van der Waals surface area contributed by atoms with Crippen LogP contribution in [-0.2, 0) is 9.59 Å². The maximum Gasteiger partial charge on any atom is 0.309 e. The number of benzene rings is 1. The smallest absolute Gasteiger partial charge is 0.309 e. The highest BCUT2D eigenvalue weighted by Crippen LogP contribution is 2.16. The van der Waals surface area contributed by atoms with Crippen molar-refractivity contribution in [1.82, 2.24) is 10.6 Å². The van der Waals surface area contributed by atoms with Gasteiger partial charge in [0.2, 0.25) is 0 Å². The predicted octanol–water partition coefficient (Wildman–Crippen LogP) is -2.15. The van der Waals surface area contributed by atoms with E-state index in [2.05, 4.69) is 46.8 Å². The Morgan fingerprint density at radius 1 is 1.04 bits per heavy atom. The molecule has 1 aromatic rings. The van der Waals surface area contributed by atoms with Crippen molar-refractivity contribution in [3.63, 3.8) is 0 Å². The molecule has 1 aliphatic rings. The van der Waals surface area contributed by atoms with Crippen molar-refractivity contribution < 1.29 is 19.4 Å². The van der Waals surface area contributed by atoms with Gasteiger partial charge in [0.25, 0.3) is 0 Å². The van der Waals surface area contributed by atoms with Crippen molar-refractivity contribution in [1.29, 1.82) is 0 Å². The van der Waals surface area contributed by atoms with Gasteiger partial charge in [-0.2, -0.15) is 0 Å². The van der Waals surface area contributed by atoms with Gasteiger partial charge in [0, 0.05) is 31.4 Å². The summed E-state index contributed by atoms with van der Waals surface area (Å²) in [6.07, 6.45) is 0. The van der Waals surface area contributed by atoms with E-state index in [4.69, 9.17) is 0 Å². The molecule has 1 aromatic carbocycles. The summed E-state index contributed by atoms with van der Waals surface area (Å²) >= 11 is 0. The largest absolute Gasteiger partial charge is 0.378 e. The third kappa shape index (κ3) is 6.22. The first kappa shape index (κ1) is 21.2. The van der Waals surface area contributed by atoms with E-state index in [9.17, 15) is 9.59 Å². The van der Waals surface area contributed by atoms with E-state index in [1.165, 1.54) is 10.5 Å². The molecule has 1 heterocycles. The molecular formula is C20H35N5O2+2. The molecule has 0 aromatic heterocycles. The van der Waals surface area contributed by atoms with Crippen LogP contribution < -0.4 is 25.3 Å². The van der Waals surface area contributed by atoms with Crippen LogP contribution >= 0.6 is 0 Å². The van der Waals surface area contributed by atoms with Crippen LogP contribution in [0.25, 0.3) is 0 Å². The van der Waals surface area contributed by atoms with Crippen LogP contribution in [0.1, 0.15) is 25.5 Å². The second-order valence-corrected chi connectivity index (χ2v) is 7.99. The third-order valence-electron chi connectivity index (χ3n) is 5.14. The summed E-state index contributed by atoms with van der Waals surface area (Å²) in [5, 5.41) is 5.49. The fourth-order valence-corrected chi connectivity index (χ4v) is 3.45. The Bertz CT molecular complexity index is 622. The molecule has 0 saturated carbocycles. The molecule has 0 spiro atoms. The Balaban J connectivity index is 2.10. The van der Waals surface area contributed by atoms with Gasteiger partial charge in [-0.15, -0.1) is 0 Å². The van der Waals surface area contributed by atoms with E-state index in [-0.39, 0.29) is 12.1 Å². The number of nitrogens with zero attached hydrogens (tertiary/aromatic N) is 1. The van der Waals surface area contributed by atoms with Gasteiger partial charge in [0.05, 0.1) is 13.6 Å². The maximum absolute atomic E-state index is 12.1. The van der Waals surface area contributed by atoms with E-state index < -0.39 is 11.8 Å². The van der Waals surface area contributed by atoms with Gasteiger partial charge in [0.1, 0.15) is 32.2 Å². The molecule has 1 atom stereocenters. The molecule has 2 rings (SSSR count). The molecule has 2 amide bonds. The molecule has 150 valence electrons. The normalized spacial score (nSPS) is 20.8. The molecule has 4 N–H and O–H groups in total. The van der Waals surface area contributed by atoms with Gasteiger partial charge in [-0.1, -0.05) is 12.1 Å². The molecule has 0 radical (unpaired) electrons. The monoisotopic (exact) mass is 377 g/mol. The summed E-state index contributed by atoms with van der Waals surface area (Å²) in [5.74, 6) is -1.12. The number of hydrogen-bond donors (Lipinski definition) is 4. The first-order valence-corrected chi connectivity index (χ1v) is 9.79. The number of rotatable bonds is 6. The molecular weight excluding hydrogens is 342 g/mol. The van der Waals surface area contributed by atoms with Gasteiger partial charge in [0.15, 0.2) is 0 Å². The number of carbonyl (C=O) groups is 2. The molecule has 27 heavy (non-hydrogen) atoms. The molecule has 0 unspecified atom stereocenters. The van der Waals surface area contributed by atoms with E-state index in [0.717, 1.165) is 31.9 Å². The van der Waals surface area contributed by atoms with Crippen LogP contribution in [0.15, 0.2) is 24.3 Å². The van der Waals surface area contributed by atoms with Gasteiger partial charge in [-0.25, -0.2) is 0 Å². The molecule has 7 heteroatoms. The molecule has 1 fully saturated rings. The molecule has 0 bridgehead atoms. The quantitative estimate of drug-likeness (QED) is 0.427. The number of quaternary nitrogens is 2. The van der Waals surface area contributed by atoms with Crippen molar-refractivity contribution >= 4 is 17.5 Å². The first-order valence-electron chi connectivity index (χ1n) is 9.79. The van der Waals surface area contributed by atoms with E-state index in [1.54, 1.807) is 4.90 Å². The lowest BCUT2D eigenvalue weighted by atomic mass is 10.0. The SMILES string of the molecule is CC(C)NC(=O)C(=O)NC[C@H](c1ccc(N(C)C)cc1)[NH+]1CC[NH+](C)CC1. The van der Waals surface area contributed by atoms with Gasteiger partial charge in [-0.05, 0) is 26.0 Å². The Hall–Kier alpha value is -2.12. The number of nitrogens with one attached hydrogen (secondary N) is 4. The Morgan fingerprint density at radius 2 is 1.63 bits per heavy atom. The lowest BCUT2D eigenvalue weighted by molar-refractivity contribution is -1.02. The topological polar surface area (TPSA) is 70.3 Å². The van der Waals surface area contributed by atoms with Crippen molar-refractivity contribution in [2.45, 2.75) is 25.9 Å². The number of amides is 2. The number of carbonyl (C=O) groups excluding carboxylic acids is 2. The molecule has 7 nitrogen and oxygen atoms in total. The number of piperazine rings is 1. The highest BCUT2D eigenvalue weighted by atomic mass is 16.2. The number of likely N-dealkylation sites (N-methyl/N-ethyl adjacent to an activating group) is 1. The third-order valence-corrected chi connectivity index (χ3v) is 5.14. The van der Waals surface area contributed by atoms with Crippen molar-refractivity contribution in [3.8, 4) is 0 Å². The van der Waals surface area contributed by atoms with Crippen LogP contribution in [0, 0.1) is 0 Å². The summed E-state index contributed by atoms with van der Waals surface area (Å²) in [6, 6.07) is 8.58. The van der Waals surface area contributed by atoms with E-state index in [1.807, 2.05) is 27.9 Å². The van der Waals surface area contributed by atoms with Crippen molar-refractivity contribution in [3.05, 3.63) is 29.8 Å². The minimum atomic E-state index is -0.565. The van der Waals surface area contributed by atoms with E-state index in [0.29, 0.717) is 6.54 Å². The Morgan fingerprint density at radius 3 is 2.15 bits per heavy atom. The average molecular weight is 378 g/mol. The van der Waals surface area contributed by atoms with Crippen LogP contribution in [0.4, 0.5) is 5.69 Å². The lowest BCUT2D eigenvalue weighted by Crippen LogP contribution is -3.27. The summed E-state index contributed by atoms with van der Waals surface area (Å²) in [5.41, 5.74) is 2.34. The molecule has 1 saturated heterocycles. The molecule has 1 aliphatic heterocycles. The standard InChI is InChI=1S/C20H33N5O2/c1-15(2)22-20(27)19(26)21-14-18(25-12-10-24(5)11-13-25)16-6-8-17(9-7-16)23(3)4/h6-9,15,18H,10-14H2,1-5H3,(H,21,26)(H,22,27)/p+2/t18-/m1/s1. The highest BCUT2D eigenvalue weighted by molar-refractivity contribution is 6.35. The zero-order chi connectivity index (χ0) is 20.0. The zero-order valence-electron chi connectivity index (χ0n) is 17.3. The fourth-order valence-electron chi connectivity index (χ4n) is 3.45. The number of anilines is 1. The zero-order valence-corrected chi connectivity index (χ0v) is 17.3. The summed E-state index contributed by atoms with van der Waals surface area (Å²) in [4.78, 5) is 29.1. The van der Waals surface area contributed by atoms with Gasteiger partial charge in [-0.3, -0.25) is 9.59 Å². The summed E-state index contributed by atoms with van der Waals surface area (Å²) in [7, 11) is 6.26. The van der Waals surface area contributed by atoms with Crippen LogP contribution in [0.2, 0.25) is 0 Å². The maximum atomic E-state index is 12.1. The number of hydrogen-bond acceptors (Lipinski definition) is 3. The second kappa shape index (κ2) is 9.71. The first-order chi connectivity index (χ1) is 12.8. The van der Waals surface area contributed by atoms with Crippen LogP contribution in [0.3, 0.4) is 0 Å². The highest BCUT2D eigenvalue weighted by Gasteiger charge is 2.30. The second-order valence-electron chi connectivity index (χ2n) is 7.99. The predicted molar refractivity (Wildman–Crippen MR) is 107 cm³/mol. The Kier molecular flexibility index (Phi) is 7.62. The van der Waals surface area contributed by atoms with Crippen molar-refractivity contribution in [2.75, 3.05) is 58.8 Å².